The van der Waals surface area contributed by atoms with Crippen molar-refractivity contribution in [3.8, 4) is 0 Å². The van der Waals surface area contributed by atoms with Crippen LogP contribution in [0.5, 0.6) is 0 Å². The molecule has 2 heterocycles. The Morgan fingerprint density at radius 3 is 2.91 bits per heavy atom. The topological polar surface area (TPSA) is 80.3 Å². The van der Waals surface area contributed by atoms with E-state index in [2.05, 4.69) is 19.9 Å². The van der Waals surface area contributed by atoms with Gasteiger partial charge in [-0.15, -0.1) is 0 Å². The van der Waals surface area contributed by atoms with Gasteiger partial charge in [0.2, 0.25) is 0 Å². The van der Waals surface area contributed by atoms with E-state index in [1.165, 1.54) is 11.8 Å². The zero-order valence-electron chi connectivity index (χ0n) is 12.2. The summed E-state index contributed by atoms with van der Waals surface area (Å²) in [7, 11) is 0. The Labute approximate surface area is 124 Å². The lowest BCUT2D eigenvalue weighted by atomic mass is 10.2. The fourth-order valence-electron chi connectivity index (χ4n) is 2.06. The molecule has 0 unspecified atom stereocenters. The van der Waals surface area contributed by atoms with Crippen LogP contribution in [-0.4, -0.2) is 64.6 Å². The third-order valence-corrected chi connectivity index (χ3v) is 3.13. The van der Waals surface area contributed by atoms with E-state index in [9.17, 15) is 18.0 Å². The summed E-state index contributed by atoms with van der Waals surface area (Å²) >= 11 is 0. The van der Waals surface area contributed by atoms with Gasteiger partial charge in [-0.25, -0.2) is 4.98 Å². The van der Waals surface area contributed by atoms with Crippen LogP contribution in [0, 0.1) is 6.92 Å². The first-order valence-electron chi connectivity index (χ1n) is 6.74. The summed E-state index contributed by atoms with van der Waals surface area (Å²) in [5.41, 5.74) is 0. The molecule has 124 valence electrons. The highest BCUT2D eigenvalue weighted by atomic mass is 19.4. The van der Waals surface area contributed by atoms with Gasteiger partial charge in [-0.05, 0) is 13.8 Å². The first kappa shape index (κ1) is 16.7. The number of halogens is 3. The van der Waals surface area contributed by atoms with Crippen LogP contribution in [0.4, 0.5) is 13.2 Å². The van der Waals surface area contributed by atoms with Gasteiger partial charge in [-0.2, -0.15) is 18.3 Å². The molecule has 1 fully saturated rings. The molecule has 0 spiro atoms. The molecule has 1 aliphatic rings. The minimum Gasteiger partial charge on any atom is -0.366 e. The number of rotatable bonds is 4. The lowest BCUT2D eigenvalue weighted by Gasteiger charge is -2.33. The van der Waals surface area contributed by atoms with Crippen LogP contribution in [0.1, 0.15) is 24.7 Å². The van der Waals surface area contributed by atoms with E-state index in [1.54, 1.807) is 6.92 Å². The van der Waals surface area contributed by atoms with Gasteiger partial charge < -0.3 is 14.4 Å². The summed E-state index contributed by atoms with van der Waals surface area (Å²) in [5, 5.41) is 6.64. The van der Waals surface area contributed by atoms with Crippen LogP contribution < -0.4 is 0 Å². The Kier molecular flexibility index (Phi) is 5.01. The molecule has 1 aliphatic heterocycles. The van der Waals surface area contributed by atoms with Gasteiger partial charge in [0.1, 0.15) is 24.6 Å². The number of hydrogen-bond acceptors (Lipinski definition) is 5. The van der Waals surface area contributed by atoms with Gasteiger partial charge >= 0.3 is 6.18 Å². The molecule has 0 aliphatic carbocycles. The number of amides is 1. The molecule has 2 rings (SSSR count). The second-order valence-corrected chi connectivity index (χ2v) is 4.99. The Bertz CT molecular complexity index is 520. The van der Waals surface area contributed by atoms with E-state index in [1.807, 2.05) is 0 Å². The molecular weight excluding hydrogens is 305 g/mol. The number of nitrogens with zero attached hydrogens (tertiary/aromatic N) is 3. The predicted octanol–water partition coefficient (Wildman–Crippen LogP) is 0.980. The maximum atomic E-state index is 12.1. The minimum absolute atomic E-state index is 0.176. The fraction of sp³-hybridized carbons (Fsp3) is 0.750. The number of aromatic nitrogens is 3. The van der Waals surface area contributed by atoms with Crippen molar-refractivity contribution in [2.75, 3.05) is 26.3 Å². The quantitative estimate of drug-likeness (QED) is 0.894. The van der Waals surface area contributed by atoms with Crippen molar-refractivity contribution in [1.29, 1.82) is 0 Å². The third-order valence-electron chi connectivity index (χ3n) is 3.13. The standard InChI is InChI=1S/C12H17F3N4O3/c1-7(22-6-12(13,14)15)11(20)19-3-4-21-9(5-19)10-16-8(2)17-18-10/h7,9H,3-6H2,1-2H3,(H,16,17,18)/t7-,9+/m1/s1. The van der Waals surface area contributed by atoms with Gasteiger partial charge in [-0.1, -0.05) is 0 Å². The highest BCUT2D eigenvalue weighted by molar-refractivity contribution is 5.80. The number of aromatic amines is 1. The van der Waals surface area contributed by atoms with Crippen LogP contribution in [-0.2, 0) is 14.3 Å². The predicted molar refractivity (Wildman–Crippen MR) is 67.9 cm³/mol. The van der Waals surface area contributed by atoms with Crippen molar-refractivity contribution in [3.05, 3.63) is 11.6 Å². The van der Waals surface area contributed by atoms with E-state index < -0.39 is 30.9 Å². The van der Waals surface area contributed by atoms with E-state index in [4.69, 9.17) is 4.74 Å². The van der Waals surface area contributed by atoms with Crippen molar-refractivity contribution in [2.24, 2.45) is 0 Å². The lowest BCUT2D eigenvalue weighted by molar-refractivity contribution is -0.190. The maximum Gasteiger partial charge on any atom is 0.411 e. The highest BCUT2D eigenvalue weighted by Gasteiger charge is 2.33. The monoisotopic (exact) mass is 322 g/mol. The molecule has 1 N–H and O–H groups in total. The Morgan fingerprint density at radius 1 is 1.59 bits per heavy atom. The Hall–Kier alpha value is -1.68. The van der Waals surface area contributed by atoms with Gasteiger partial charge in [0.05, 0.1) is 13.2 Å². The largest absolute Gasteiger partial charge is 0.411 e. The average molecular weight is 322 g/mol. The second kappa shape index (κ2) is 6.61. The van der Waals surface area contributed by atoms with Crippen molar-refractivity contribution in [1.82, 2.24) is 20.1 Å². The molecule has 0 saturated carbocycles. The Morgan fingerprint density at radius 2 is 2.32 bits per heavy atom. The summed E-state index contributed by atoms with van der Waals surface area (Å²) in [6, 6.07) is 0. The average Bonchev–Trinajstić information content (AvgIpc) is 2.90. The zero-order valence-corrected chi connectivity index (χ0v) is 12.2. The molecule has 0 radical (unpaired) electrons. The van der Waals surface area contributed by atoms with Crippen LogP contribution in [0.15, 0.2) is 0 Å². The third kappa shape index (κ3) is 4.41. The van der Waals surface area contributed by atoms with Crippen LogP contribution in [0.3, 0.4) is 0 Å². The van der Waals surface area contributed by atoms with Gasteiger partial charge in [0, 0.05) is 6.54 Å². The highest BCUT2D eigenvalue weighted by Crippen LogP contribution is 2.21. The molecule has 1 aromatic rings. The lowest BCUT2D eigenvalue weighted by Crippen LogP contribution is -2.47. The van der Waals surface area contributed by atoms with Gasteiger partial charge in [-0.3, -0.25) is 9.89 Å². The maximum absolute atomic E-state index is 12.1. The number of alkyl halides is 3. The number of carbonyl (C=O) groups excluding carboxylic acids is 1. The van der Waals surface area contributed by atoms with Crippen LogP contribution in [0.25, 0.3) is 0 Å². The normalized spacial score (nSPS) is 21.0. The summed E-state index contributed by atoms with van der Waals surface area (Å²) in [6.45, 7) is 2.31. The first-order valence-corrected chi connectivity index (χ1v) is 6.74. The minimum atomic E-state index is -4.46. The molecule has 22 heavy (non-hydrogen) atoms. The summed E-state index contributed by atoms with van der Waals surface area (Å²) in [4.78, 5) is 17.7. The van der Waals surface area contributed by atoms with Crippen molar-refractivity contribution < 1.29 is 27.4 Å². The number of carbonyl (C=O) groups is 1. The summed E-state index contributed by atoms with van der Waals surface area (Å²) in [6.07, 6.45) is -6.13. The van der Waals surface area contributed by atoms with E-state index in [0.717, 1.165) is 0 Å². The molecule has 2 atom stereocenters. The molecule has 0 aromatic carbocycles. The zero-order chi connectivity index (χ0) is 16.3. The van der Waals surface area contributed by atoms with Gasteiger partial charge in [0.25, 0.3) is 5.91 Å². The molecule has 1 amide bonds. The molecule has 1 saturated heterocycles. The van der Waals surface area contributed by atoms with E-state index in [0.29, 0.717) is 18.2 Å². The number of H-pyrrole nitrogens is 1. The second-order valence-electron chi connectivity index (χ2n) is 4.99. The van der Waals surface area contributed by atoms with E-state index in [-0.39, 0.29) is 13.2 Å². The fourth-order valence-corrected chi connectivity index (χ4v) is 2.06. The SMILES string of the molecule is Cc1nc([C@@H]2CN(C(=O)[C@@H](C)OCC(F)(F)F)CCO2)n[nH]1. The van der Waals surface area contributed by atoms with Gasteiger partial charge in [0.15, 0.2) is 5.82 Å². The number of hydrogen-bond donors (Lipinski definition) is 1. The molecule has 1 aromatic heterocycles. The summed E-state index contributed by atoms with van der Waals surface area (Å²) in [5.74, 6) is 0.521. The molecular formula is C12H17F3N4O3. The Balaban J connectivity index is 1.92. The van der Waals surface area contributed by atoms with Crippen LogP contribution >= 0.6 is 0 Å². The van der Waals surface area contributed by atoms with Crippen molar-refractivity contribution in [2.45, 2.75) is 32.2 Å². The number of nitrogens with one attached hydrogen (secondary N) is 1. The van der Waals surface area contributed by atoms with Crippen molar-refractivity contribution >= 4 is 5.91 Å². The van der Waals surface area contributed by atoms with E-state index >= 15 is 0 Å². The number of aryl methyl sites for hydroxylation is 1. The van der Waals surface area contributed by atoms with Crippen LogP contribution in [0.2, 0.25) is 0 Å². The smallest absolute Gasteiger partial charge is 0.366 e. The van der Waals surface area contributed by atoms with Crippen molar-refractivity contribution in [3.63, 3.8) is 0 Å². The molecule has 7 nitrogen and oxygen atoms in total. The first-order chi connectivity index (χ1) is 10.3. The molecule has 0 bridgehead atoms. The summed E-state index contributed by atoms with van der Waals surface area (Å²) < 4.78 is 46.4. The number of ether oxygens (including phenoxy) is 2. The molecule has 10 heteroatoms. The number of morpholine rings is 1.